The molecule has 0 bridgehead atoms. The zero-order valence-electron chi connectivity index (χ0n) is 15.3. The first-order valence-electron chi connectivity index (χ1n) is 8.59. The second kappa shape index (κ2) is 9.97. The maximum atomic E-state index is 12.2. The number of ether oxygens (including phenoxy) is 1. The van der Waals surface area contributed by atoms with Gasteiger partial charge >= 0.3 is 0 Å². The summed E-state index contributed by atoms with van der Waals surface area (Å²) in [5, 5.41) is 4.67. The van der Waals surface area contributed by atoms with Gasteiger partial charge in [0.15, 0.2) is 0 Å². The van der Waals surface area contributed by atoms with Crippen molar-refractivity contribution in [1.82, 2.24) is 5.43 Å². The molecule has 3 rings (SSSR count). The molecule has 1 N–H and O–H groups in total. The number of nitrogens with one attached hydrogen (secondary N) is 1. The monoisotopic (exact) mass is 410 g/mol. The molecule has 0 saturated heterocycles. The van der Waals surface area contributed by atoms with E-state index >= 15 is 0 Å². The largest absolute Gasteiger partial charge is 0.489 e. The van der Waals surface area contributed by atoms with Crippen LogP contribution in [0.15, 0.2) is 82.8 Å². The molecule has 6 heteroatoms. The number of rotatable bonds is 7. The first kappa shape index (κ1) is 20.0. The molecule has 0 aromatic heterocycles. The number of halogens is 1. The van der Waals surface area contributed by atoms with E-state index in [4.69, 9.17) is 16.3 Å². The fourth-order valence-corrected chi connectivity index (χ4v) is 3.00. The number of carbonyl (C=O) groups excluding carboxylic acids is 1. The third-order valence-corrected chi connectivity index (χ3v) is 5.08. The van der Waals surface area contributed by atoms with Crippen LogP contribution in [0.1, 0.15) is 21.5 Å². The van der Waals surface area contributed by atoms with Crippen molar-refractivity contribution in [3.8, 4) is 5.75 Å². The Balaban J connectivity index is 1.53. The van der Waals surface area contributed by atoms with Gasteiger partial charge in [-0.2, -0.15) is 5.10 Å². The Morgan fingerprint density at radius 3 is 2.46 bits per heavy atom. The first-order chi connectivity index (χ1) is 13.7. The molecule has 1 amide bonds. The third-order valence-electron chi connectivity index (χ3n) is 3.96. The zero-order valence-corrected chi connectivity index (χ0v) is 16.8. The Labute approximate surface area is 173 Å². The van der Waals surface area contributed by atoms with E-state index < -0.39 is 0 Å². The van der Waals surface area contributed by atoms with Gasteiger partial charge < -0.3 is 4.74 Å². The third kappa shape index (κ3) is 5.62. The van der Waals surface area contributed by atoms with E-state index in [1.54, 1.807) is 42.2 Å². The van der Waals surface area contributed by atoms with Crippen LogP contribution in [0.2, 0.25) is 5.02 Å². The number of carbonyl (C=O) groups is 1. The molecule has 0 radical (unpaired) electrons. The average Bonchev–Trinajstić information content (AvgIpc) is 2.74. The minimum atomic E-state index is -0.283. The topological polar surface area (TPSA) is 50.7 Å². The predicted octanol–water partition coefficient (Wildman–Crippen LogP) is 5.40. The van der Waals surface area contributed by atoms with Gasteiger partial charge in [0.1, 0.15) is 12.4 Å². The number of nitrogens with zero attached hydrogens (tertiary/aromatic N) is 1. The van der Waals surface area contributed by atoms with Crippen molar-refractivity contribution in [2.24, 2.45) is 5.10 Å². The van der Waals surface area contributed by atoms with Crippen LogP contribution >= 0.6 is 23.4 Å². The summed E-state index contributed by atoms with van der Waals surface area (Å²) in [5.41, 5.74) is 4.85. The van der Waals surface area contributed by atoms with Crippen LogP contribution in [0.3, 0.4) is 0 Å². The standard InChI is InChI=1S/C22H19ClN2O2S/c1-28-20-12-6-16(7-13-20)14-24-25-22(26)17-8-10-19(11-9-17)27-15-18-4-2-3-5-21(18)23/h2-14H,15H2,1H3,(H,25,26)/b24-14+. The molecule has 0 saturated carbocycles. The molecule has 28 heavy (non-hydrogen) atoms. The van der Waals surface area contributed by atoms with Crippen LogP contribution in [0, 0.1) is 0 Å². The highest BCUT2D eigenvalue weighted by Crippen LogP contribution is 2.19. The second-order valence-corrected chi connectivity index (χ2v) is 7.16. The van der Waals surface area contributed by atoms with Crippen molar-refractivity contribution in [2.75, 3.05) is 6.26 Å². The highest BCUT2D eigenvalue weighted by Gasteiger charge is 2.05. The summed E-state index contributed by atoms with van der Waals surface area (Å²) in [5.74, 6) is 0.378. The molecule has 0 fully saturated rings. The number of hydrogen-bond donors (Lipinski definition) is 1. The van der Waals surface area contributed by atoms with Gasteiger partial charge in [0.2, 0.25) is 0 Å². The SMILES string of the molecule is CSc1ccc(/C=N/NC(=O)c2ccc(OCc3ccccc3Cl)cc2)cc1. The molecule has 0 unspecified atom stereocenters. The molecular weight excluding hydrogens is 392 g/mol. The molecule has 3 aromatic carbocycles. The van der Waals surface area contributed by atoms with Crippen molar-refractivity contribution in [2.45, 2.75) is 11.5 Å². The van der Waals surface area contributed by atoms with E-state index in [2.05, 4.69) is 10.5 Å². The summed E-state index contributed by atoms with van der Waals surface area (Å²) in [7, 11) is 0. The fourth-order valence-electron chi connectivity index (χ4n) is 2.40. The van der Waals surface area contributed by atoms with Gasteiger partial charge in [-0.15, -0.1) is 11.8 Å². The quantitative estimate of drug-likeness (QED) is 0.322. The smallest absolute Gasteiger partial charge is 0.271 e. The molecule has 0 spiro atoms. The highest BCUT2D eigenvalue weighted by atomic mass is 35.5. The lowest BCUT2D eigenvalue weighted by Crippen LogP contribution is -2.17. The summed E-state index contributed by atoms with van der Waals surface area (Å²) in [6.45, 7) is 0.366. The average molecular weight is 411 g/mol. The lowest BCUT2D eigenvalue weighted by molar-refractivity contribution is 0.0955. The summed E-state index contributed by atoms with van der Waals surface area (Å²) in [6, 6.07) is 22.3. The minimum absolute atomic E-state index is 0.283. The number of benzene rings is 3. The van der Waals surface area contributed by atoms with Crippen LogP contribution in [0.25, 0.3) is 0 Å². The Morgan fingerprint density at radius 2 is 1.79 bits per heavy atom. The molecule has 0 heterocycles. The number of hydrogen-bond acceptors (Lipinski definition) is 4. The maximum absolute atomic E-state index is 12.2. The normalized spacial score (nSPS) is 10.8. The van der Waals surface area contributed by atoms with Crippen molar-refractivity contribution in [3.63, 3.8) is 0 Å². The minimum Gasteiger partial charge on any atom is -0.489 e. The lowest BCUT2D eigenvalue weighted by Gasteiger charge is -2.08. The highest BCUT2D eigenvalue weighted by molar-refractivity contribution is 7.98. The molecule has 142 valence electrons. The molecular formula is C22H19ClN2O2S. The Kier molecular flexibility index (Phi) is 7.12. The molecule has 0 aliphatic rings. The van der Waals surface area contributed by atoms with Gasteiger partial charge in [-0.3, -0.25) is 4.79 Å². The number of amides is 1. The summed E-state index contributed by atoms with van der Waals surface area (Å²) in [6.07, 6.45) is 3.64. The van der Waals surface area contributed by atoms with E-state index in [0.29, 0.717) is 22.9 Å². The number of hydrazone groups is 1. The Hall–Kier alpha value is -2.76. The summed E-state index contributed by atoms with van der Waals surface area (Å²) >= 11 is 7.79. The van der Waals surface area contributed by atoms with Gasteiger partial charge in [0.05, 0.1) is 6.21 Å². The fraction of sp³-hybridized carbons (Fsp3) is 0.0909. The summed E-state index contributed by atoms with van der Waals surface area (Å²) in [4.78, 5) is 13.4. The molecule has 0 atom stereocenters. The van der Waals surface area contributed by atoms with Crippen LogP contribution < -0.4 is 10.2 Å². The van der Waals surface area contributed by atoms with Crippen molar-refractivity contribution in [1.29, 1.82) is 0 Å². The Bertz CT molecular complexity index is 957. The van der Waals surface area contributed by atoms with Gasteiger partial charge in [-0.05, 0) is 54.3 Å². The van der Waals surface area contributed by atoms with Crippen LogP contribution in [-0.2, 0) is 6.61 Å². The first-order valence-corrected chi connectivity index (χ1v) is 10.2. The predicted molar refractivity (Wildman–Crippen MR) is 116 cm³/mol. The van der Waals surface area contributed by atoms with E-state index in [1.807, 2.05) is 54.8 Å². The number of thioether (sulfide) groups is 1. The second-order valence-electron chi connectivity index (χ2n) is 5.88. The zero-order chi connectivity index (χ0) is 19.8. The van der Waals surface area contributed by atoms with Crippen LogP contribution in [0.4, 0.5) is 0 Å². The van der Waals surface area contributed by atoms with E-state index in [-0.39, 0.29) is 5.91 Å². The van der Waals surface area contributed by atoms with Crippen LogP contribution in [0.5, 0.6) is 5.75 Å². The van der Waals surface area contributed by atoms with E-state index in [9.17, 15) is 4.79 Å². The van der Waals surface area contributed by atoms with E-state index in [1.165, 1.54) is 4.90 Å². The molecule has 0 aliphatic carbocycles. The van der Waals surface area contributed by atoms with Gasteiger partial charge in [0, 0.05) is 21.0 Å². The van der Waals surface area contributed by atoms with Gasteiger partial charge in [-0.25, -0.2) is 5.43 Å². The molecule has 0 aliphatic heterocycles. The maximum Gasteiger partial charge on any atom is 0.271 e. The lowest BCUT2D eigenvalue weighted by atomic mass is 10.2. The van der Waals surface area contributed by atoms with Crippen molar-refractivity contribution < 1.29 is 9.53 Å². The summed E-state index contributed by atoms with van der Waals surface area (Å²) < 4.78 is 5.72. The van der Waals surface area contributed by atoms with Gasteiger partial charge in [0.25, 0.3) is 5.91 Å². The molecule has 4 nitrogen and oxygen atoms in total. The van der Waals surface area contributed by atoms with Crippen molar-refractivity contribution in [3.05, 3.63) is 94.5 Å². The molecule has 3 aromatic rings. The Morgan fingerprint density at radius 1 is 1.07 bits per heavy atom. The van der Waals surface area contributed by atoms with Gasteiger partial charge in [-0.1, -0.05) is 41.9 Å². The van der Waals surface area contributed by atoms with E-state index in [0.717, 1.165) is 11.1 Å². The van der Waals surface area contributed by atoms with Crippen molar-refractivity contribution >= 4 is 35.5 Å². The van der Waals surface area contributed by atoms with Crippen LogP contribution in [-0.4, -0.2) is 18.4 Å².